The molecule has 0 amide bonds. The predicted octanol–water partition coefficient (Wildman–Crippen LogP) is 2.58. The molecule has 0 bridgehead atoms. The fourth-order valence-corrected chi connectivity index (χ4v) is 5.14. The van der Waals surface area contributed by atoms with E-state index in [0.717, 1.165) is 31.4 Å². The monoisotopic (exact) mass is 357 g/mol. The maximum Gasteiger partial charge on any atom is 0.282 e. The van der Waals surface area contributed by atoms with Crippen LogP contribution in [0.4, 0.5) is 5.69 Å². The highest BCUT2D eigenvalue weighted by Gasteiger charge is 2.32. The van der Waals surface area contributed by atoms with Crippen LogP contribution < -0.4 is 4.90 Å². The van der Waals surface area contributed by atoms with E-state index in [0.29, 0.717) is 44.3 Å². The first kappa shape index (κ1) is 17.0. The Morgan fingerprint density at radius 2 is 1.43 bits per heavy atom. The Kier molecular flexibility index (Phi) is 5.46. The van der Waals surface area contributed by atoms with Crippen LogP contribution in [0.2, 0.25) is 5.02 Å². The van der Waals surface area contributed by atoms with Crippen molar-refractivity contribution in [2.24, 2.45) is 0 Å². The molecule has 7 heteroatoms. The Morgan fingerprint density at radius 3 is 2.04 bits per heavy atom. The number of anilines is 1. The van der Waals surface area contributed by atoms with Crippen LogP contribution >= 0.6 is 11.6 Å². The highest BCUT2D eigenvalue weighted by atomic mass is 35.5. The molecule has 128 valence electrons. The first-order valence-electron chi connectivity index (χ1n) is 8.33. The lowest BCUT2D eigenvalue weighted by atomic mass is 10.2. The van der Waals surface area contributed by atoms with E-state index in [1.165, 1.54) is 0 Å². The highest BCUT2D eigenvalue weighted by molar-refractivity contribution is 7.86. The number of hydrogen-bond acceptors (Lipinski definition) is 3. The van der Waals surface area contributed by atoms with Crippen LogP contribution in [-0.2, 0) is 10.2 Å². The minimum Gasteiger partial charge on any atom is -0.369 e. The second-order valence-corrected chi connectivity index (χ2v) is 8.55. The first-order chi connectivity index (χ1) is 11.1. The van der Waals surface area contributed by atoms with E-state index in [1.807, 2.05) is 24.3 Å². The van der Waals surface area contributed by atoms with Gasteiger partial charge in [0.05, 0.1) is 0 Å². The fraction of sp³-hybridized carbons (Fsp3) is 0.625. The van der Waals surface area contributed by atoms with Crippen molar-refractivity contribution in [2.45, 2.75) is 25.7 Å². The lowest BCUT2D eigenvalue weighted by molar-refractivity contribution is 0.327. The lowest BCUT2D eigenvalue weighted by Crippen LogP contribution is -2.53. The number of rotatable bonds is 3. The maximum absolute atomic E-state index is 12.8. The summed E-state index contributed by atoms with van der Waals surface area (Å²) in [5.41, 5.74) is 1.06. The van der Waals surface area contributed by atoms with Crippen LogP contribution in [0.25, 0.3) is 0 Å². The summed E-state index contributed by atoms with van der Waals surface area (Å²) in [4.78, 5) is 2.19. The number of piperazine rings is 1. The summed E-state index contributed by atoms with van der Waals surface area (Å²) in [5.74, 6) is 0. The number of nitrogens with zero attached hydrogens (tertiary/aromatic N) is 3. The quantitative estimate of drug-likeness (QED) is 0.835. The van der Waals surface area contributed by atoms with Crippen LogP contribution in [-0.4, -0.2) is 56.3 Å². The molecule has 2 saturated heterocycles. The van der Waals surface area contributed by atoms with E-state index in [2.05, 4.69) is 4.90 Å². The molecule has 2 fully saturated rings. The Balaban J connectivity index is 1.63. The Hall–Kier alpha value is -0.820. The van der Waals surface area contributed by atoms with Crippen molar-refractivity contribution in [1.29, 1.82) is 0 Å². The predicted molar refractivity (Wildman–Crippen MR) is 94.2 cm³/mol. The van der Waals surface area contributed by atoms with Crippen molar-refractivity contribution < 1.29 is 8.42 Å². The molecule has 2 aliphatic rings. The van der Waals surface area contributed by atoms with Gasteiger partial charge in [-0.25, -0.2) is 0 Å². The molecule has 3 rings (SSSR count). The summed E-state index contributed by atoms with van der Waals surface area (Å²) in [6.07, 6.45) is 4.21. The van der Waals surface area contributed by atoms with Gasteiger partial charge < -0.3 is 4.90 Å². The second-order valence-electron chi connectivity index (χ2n) is 6.19. The molecule has 0 aliphatic carbocycles. The van der Waals surface area contributed by atoms with Crippen molar-refractivity contribution in [2.75, 3.05) is 44.2 Å². The summed E-state index contributed by atoms with van der Waals surface area (Å²) in [6, 6.07) is 7.73. The third kappa shape index (κ3) is 3.99. The Bertz CT molecular complexity index is 622. The van der Waals surface area contributed by atoms with E-state index >= 15 is 0 Å². The van der Waals surface area contributed by atoms with Crippen LogP contribution in [0.5, 0.6) is 0 Å². The zero-order valence-corrected chi connectivity index (χ0v) is 14.9. The van der Waals surface area contributed by atoms with Crippen molar-refractivity contribution in [3.05, 3.63) is 29.3 Å². The largest absolute Gasteiger partial charge is 0.369 e. The number of hydrogen-bond donors (Lipinski definition) is 0. The van der Waals surface area contributed by atoms with Crippen molar-refractivity contribution in [3.63, 3.8) is 0 Å². The van der Waals surface area contributed by atoms with E-state index in [4.69, 9.17) is 11.6 Å². The van der Waals surface area contributed by atoms with Gasteiger partial charge in [0, 0.05) is 50.0 Å². The molecular formula is C16H24ClN3O2S. The van der Waals surface area contributed by atoms with Gasteiger partial charge in [-0.2, -0.15) is 17.0 Å². The number of halogens is 1. The summed E-state index contributed by atoms with van der Waals surface area (Å²) in [7, 11) is -3.31. The fourth-order valence-electron chi connectivity index (χ4n) is 3.29. The van der Waals surface area contributed by atoms with Gasteiger partial charge in [0.1, 0.15) is 0 Å². The average Bonchev–Trinajstić information content (AvgIpc) is 2.85. The molecular weight excluding hydrogens is 334 g/mol. The molecule has 1 aromatic carbocycles. The molecule has 0 saturated carbocycles. The first-order valence-corrected chi connectivity index (χ1v) is 10.1. The highest BCUT2D eigenvalue weighted by Crippen LogP contribution is 2.23. The Morgan fingerprint density at radius 1 is 0.826 bits per heavy atom. The molecule has 2 heterocycles. The SMILES string of the molecule is O=S(=O)(N1CCCCCC1)N1CCN(c2cccc(Cl)c2)CC1. The van der Waals surface area contributed by atoms with Crippen LogP contribution in [0.15, 0.2) is 24.3 Å². The van der Waals surface area contributed by atoms with Gasteiger partial charge in [0.25, 0.3) is 10.2 Å². The summed E-state index contributed by atoms with van der Waals surface area (Å²) >= 11 is 6.04. The van der Waals surface area contributed by atoms with Crippen LogP contribution in [0, 0.1) is 0 Å². The molecule has 0 N–H and O–H groups in total. The van der Waals surface area contributed by atoms with Gasteiger partial charge in [0.15, 0.2) is 0 Å². The minimum atomic E-state index is -3.31. The zero-order chi connectivity index (χ0) is 16.3. The van der Waals surface area contributed by atoms with Crippen molar-refractivity contribution in [1.82, 2.24) is 8.61 Å². The van der Waals surface area contributed by atoms with Gasteiger partial charge in [-0.3, -0.25) is 0 Å². The lowest BCUT2D eigenvalue weighted by Gasteiger charge is -2.37. The van der Waals surface area contributed by atoms with Crippen LogP contribution in [0.1, 0.15) is 25.7 Å². The molecule has 0 aromatic heterocycles. The van der Waals surface area contributed by atoms with Gasteiger partial charge in [0.2, 0.25) is 0 Å². The van der Waals surface area contributed by atoms with Gasteiger partial charge in [-0.1, -0.05) is 30.5 Å². The van der Waals surface area contributed by atoms with Crippen molar-refractivity contribution in [3.8, 4) is 0 Å². The molecule has 1 aromatic rings. The Labute approximate surface area is 144 Å². The zero-order valence-electron chi connectivity index (χ0n) is 13.3. The van der Waals surface area contributed by atoms with Crippen LogP contribution in [0.3, 0.4) is 0 Å². The molecule has 0 unspecified atom stereocenters. The third-order valence-corrected chi connectivity index (χ3v) is 6.90. The second kappa shape index (κ2) is 7.38. The molecule has 23 heavy (non-hydrogen) atoms. The van der Waals surface area contributed by atoms with Gasteiger partial charge in [-0.05, 0) is 31.0 Å². The molecule has 0 spiro atoms. The van der Waals surface area contributed by atoms with E-state index in [-0.39, 0.29) is 0 Å². The molecule has 0 radical (unpaired) electrons. The van der Waals surface area contributed by atoms with E-state index < -0.39 is 10.2 Å². The van der Waals surface area contributed by atoms with Gasteiger partial charge >= 0.3 is 0 Å². The average molecular weight is 358 g/mol. The molecule has 0 atom stereocenters. The molecule has 2 aliphatic heterocycles. The van der Waals surface area contributed by atoms with Crippen molar-refractivity contribution >= 4 is 27.5 Å². The topological polar surface area (TPSA) is 43.9 Å². The summed E-state index contributed by atoms with van der Waals surface area (Å²) < 4.78 is 28.9. The van der Waals surface area contributed by atoms with Gasteiger partial charge in [-0.15, -0.1) is 0 Å². The summed E-state index contributed by atoms with van der Waals surface area (Å²) in [5, 5.41) is 0.710. The number of benzene rings is 1. The third-order valence-electron chi connectivity index (χ3n) is 4.63. The normalized spacial score (nSPS) is 22.0. The maximum atomic E-state index is 12.8. The smallest absolute Gasteiger partial charge is 0.282 e. The van der Waals surface area contributed by atoms with E-state index in [1.54, 1.807) is 8.61 Å². The summed E-state index contributed by atoms with van der Waals surface area (Å²) in [6.45, 7) is 3.80. The standard InChI is InChI=1S/C16H24ClN3O2S/c17-15-6-5-7-16(14-15)18-10-12-20(13-11-18)23(21,22)19-8-3-1-2-4-9-19/h5-7,14H,1-4,8-13H2. The minimum absolute atomic E-state index is 0.533. The van der Waals surface area contributed by atoms with E-state index in [9.17, 15) is 8.42 Å². The molecule has 5 nitrogen and oxygen atoms in total.